The van der Waals surface area contributed by atoms with E-state index in [4.69, 9.17) is 29.6 Å². The zero-order valence-corrected chi connectivity index (χ0v) is 10.9. The zero-order chi connectivity index (χ0) is 12.3. The molecule has 0 aliphatic heterocycles. The molecule has 0 unspecified atom stereocenters. The first-order chi connectivity index (χ1) is 8.20. The lowest BCUT2D eigenvalue weighted by molar-refractivity contribution is 0.975. The van der Waals surface area contributed by atoms with Crippen LogP contribution >= 0.6 is 35.0 Å². The fraction of sp³-hybridized carbons (Fsp3) is 0.0909. The Bertz CT molecular complexity index is 574. The van der Waals surface area contributed by atoms with Crippen molar-refractivity contribution in [3.8, 4) is 23.7 Å². The van der Waals surface area contributed by atoms with Crippen molar-refractivity contribution in [1.29, 1.82) is 0 Å². The van der Waals surface area contributed by atoms with Crippen LogP contribution in [0.4, 0.5) is 0 Å². The quantitative estimate of drug-likeness (QED) is 0.692. The first-order valence-electron chi connectivity index (χ1n) is 4.65. The number of thioether (sulfide) groups is 1. The summed E-state index contributed by atoms with van der Waals surface area (Å²) in [7, 11) is 0. The number of aromatic amines is 1. The highest BCUT2D eigenvalue weighted by molar-refractivity contribution is 7.99. The first-order valence-corrected chi connectivity index (χ1v) is 6.39. The number of hydrogen-bond donors (Lipinski definition) is 1. The van der Waals surface area contributed by atoms with Gasteiger partial charge in [-0.25, -0.2) is 4.98 Å². The van der Waals surface area contributed by atoms with Crippen molar-refractivity contribution >= 4 is 35.0 Å². The summed E-state index contributed by atoms with van der Waals surface area (Å²) in [6.07, 6.45) is 5.16. The maximum Gasteiger partial charge on any atom is 0.209 e. The molecule has 17 heavy (non-hydrogen) atoms. The molecule has 0 saturated carbocycles. The fourth-order valence-electron chi connectivity index (χ4n) is 1.22. The second-order valence-electron chi connectivity index (χ2n) is 3.08. The third-order valence-electron chi connectivity index (χ3n) is 1.94. The maximum atomic E-state index is 6.07. The number of nitrogens with zero attached hydrogens (tertiary/aromatic N) is 2. The van der Waals surface area contributed by atoms with E-state index in [1.54, 1.807) is 18.2 Å². The molecule has 1 N–H and O–H groups in total. The summed E-state index contributed by atoms with van der Waals surface area (Å²) >= 11 is 13.3. The lowest BCUT2D eigenvalue weighted by atomic mass is 10.2. The molecular formula is C11H7Cl2N3S. The summed E-state index contributed by atoms with van der Waals surface area (Å²) < 4.78 is 0. The number of rotatable bonds is 3. The molecule has 2 aromatic rings. The molecule has 3 nitrogen and oxygen atoms in total. The number of halogens is 2. The number of terminal acetylenes is 1. The van der Waals surface area contributed by atoms with Gasteiger partial charge in [0.1, 0.15) is 0 Å². The van der Waals surface area contributed by atoms with Crippen LogP contribution in [0.25, 0.3) is 11.4 Å². The Labute approximate surface area is 113 Å². The highest BCUT2D eigenvalue weighted by Gasteiger charge is 2.09. The molecule has 0 saturated heterocycles. The van der Waals surface area contributed by atoms with Gasteiger partial charge in [0.2, 0.25) is 5.16 Å². The van der Waals surface area contributed by atoms with Crippen LogP contribution in [-0.4, -0.2) is 20.9 Å². The van der Waals surface area contributed by atoms with Gasteiger partial charge in [0.25, 0.3) is 0 Å². The number of nitrogens with one attached hydrogen (secondary N) is 1. The van der Waals surface area contributed by atoms with E-state index in [-0.39, 0.29) is 0 Å². The fourth-order valence-corrected chi connectivity index (χ4v) is 2.20. The molecule has 0 amide bonds. The molecular weight excluding hydrogens is 277 g/mol. The highest BCUT2D eigenvalue weighted by atomic mass is 35.5. The number of aromatic nitrogens is 3. The van der Waals surface area contributed by atoms with Crippen molar-refractivity contribution in [2.75, 3.05) is 5.75 Å². The van der Waals surface area contributed by atoms with Crippen molar-refractivity contribution in [2.24, 2.45) is 0 Å². The molecule has 6 heteroatoms. The van der Waals surface area contributed by atoms with Gasteiger partial charge in [-0.05, 0) is 18.2 Å². The van der Waals surface area contributed by atoms with E-state index in [1.807, 2.05) is 0 Å². The van der Waals surface area contributed by atoms with Gasteiger partial charge in [-0.3, -0.25) is 5.10 Å². The second kappa shape index (κ2) is 5.46. The lowest BCUT2D eigenvalue weighted by Gasteiger charge is -1.99. The van der Waals surface area contributed by atoms with Gasteiger partial charge in [-0.15, -0.1) is 11.5 Å². The third kappa shape index (κ3) is 2.95. The van der Waals surface area contributed by atoms with E-state index < -0.39 is 0 Å². The van der Waals surface area contributed by atoms with Crippen LogP contribution in [0.5, 0.6) is 0 Å². The summed E-state index contributed by atoms with van der Waals surface area (Å²) in [5, 5.41) is 8.56. The second-order valence-corrected chi connectivity index (χ2v) is 4.87. The molecule has 1 aromatic carbocycles. The third-order valence-corrected chi connectivity index (χ3v) is 3.24. The van der Waals surface area contributed by atoms with E-state index in [0.29, 0.717) is 26.8 Å². The van der Waals surface area contributed by atoms with E-state index in [9.17, 15) is 0 Å². The summed E-state index contributed by atoms with van der Waals surface area (Å²) in [5.41, 5.74) is 0.760. The van der Waals surface area contributed by atoms with E-state index >= 15 is 0 Å². The molecule has 0 atom stereocenters. The average molecular weight is 284 g/mol. The normalized spacial score (nSPS) is 10.2. The van der Waals surface area contributed by atoms with Gasteiger partial charge in [-0.1, -0.05) is 40.9 Å². The Hall–Kier alpha value is -1.15. The predicted octanol–water partition coefficient (Wildman–Crippen LogP) is 3.50. The minimum absolute atomic E-state index is 0.530. The Kier molecular flexibility index (Phi) is 3.95. The van der Waals surface area contributed by atoms with Crippen molar-refractivity contribution in [3.63, 3.8) is 0 Å². The molecule has 0 bridgehead atoms. The zero-order valence-electron chi connectivity index (χ0n) is 8.58. The van der Waals surface area contributed by atoms with Crippen LogP contribution in [0.1, 0.15) is 0 Å². The van der Waals surface area contributed by atoms with Gasteiger partial charge < -0.3 is 0 Å². The largest absolute Gasteiger partial charge is 0.258 e. The predicted molar refractivity (Wildman–Crippen MR) is 71.4 cm³/mol. The van der Waals surface area contributed by atoms with Crippen LogP contribution in [-0.2, 0) is 0 Å². The molecule has 1 heterocycles. The van der Waals surface area contributed by atoms with Crippen LogP contribution in [0.15, 0.2) is 23.4 Å². The van der Waals surface area contributed by atoms with Crippen LogP contribution in [0.2, 0.25) is 10.0 Å². The van der Waals surface area contributed by atoms with E-state index in [1.165, 1.54) is 11.8 Å². The number of hydrogen-bond acceptors (Lipinski definition) is 3. The summed E-state index contributed by atoms with van der Waals surface area (Å²) in [4.78, 5) is 4.28. The average Bonchev–Trinajstić information content (AvgIpc) is 2.75. The first kappa shape index (κ1) is 12.3. The van der Waals surface area contributed by atoms with Crippen LogP contribution < -0.4 is 0 Å². The molecule has 0 spiro atoms. The Morgan fingerprint density at radius 3 is 2.94 bits per heavy atom. The monoisotopic (exact) mass is 283 g/mol. The molecule has 86 valence electrons. The maximum absolute atomic E-state index is 6.07. The van der Waals surface area contributed by atoms with Crippen molar-refractivity contribution in [3.05, 3.63) is 28.2 Å². The summed E-state index contributed by atoms with van der Waals surface area (Å²) in [6.45, 7) is 0. The van der Waals surface area contributed by atoms with Crippen LogP contribution in [0.3, 0.4) is 0 Å². The minimum atomic E-state index is 0.530. The van der Waals surface area contributed by atoms with Crippen molar-refractivity contribution < 1.29 is 0 Å². The standard InChI is InChI=1S/C11H7Cl2N3S/c1-2-5-17-11-14-10(15-16-11)8-4-3-7(12)6-9(8)13/h1,3-4,6H,5H2,(H,14,15,16). The van der Waals surface area contributed by atoms with Crippen LogP contribution in [0, 0.1) is 12.3 Å². The van der Waals surface area contributed by atoms with Gasteiger partial charge in [0.05, 0.1) is 10.8 Å². The number of H-pyrrole nitrogens is 1. The van der Waals surface area contributed by atoms with Crippen molar-refractivity contribution in [2.45, 2.75) is 5.16 Å². The molecule has 0 radical (unpaired) electrons. The minimum Gasteiger partial charge on any atom is -0.258 e. The van der Waals surface area contributed by atoms with E-state index in [2.05, 4.69) is 21.1 Å². The van der Waals surface area contributed by atoms with Gasteiger partial charge >= 0.3 is 0 Å². The Balaban J connectivity index is 2.28. The summed E-state index contributed by atoms with van der Waals surface area (Å²) in [6, 6.07) is 5.20. The van der Waals surface area contributed by atoms with Gasteiger partial charge in [-0.2, -0.15) is 0 Å². The molecule has 2 rings (SSSR count). The molecule has 0 aliphatic carbocycles. The van der Waals surface area contributed by atoms with Gasteiger partial charge in [0.15, 0.2) is 5.82 Å². The molecule has 0 aliphatic rings. The topological polar surface area (TPSA) is 41.6 Å². The van der Waals surface area contributed by atoms with Gasteiger partial charge in [0, 0.05) is 10.6 Å². The molecule has 0 fully saturated rings. The summed E-state index contributed by atoms with van der Waals surface area (Å²) in [5.74, 6) is 3.65. The van der Waals surface area contributed by atoms with Crippen molar-refractivity contribution in [1.82, 2.24) is 15.2 Å². The SMILES string of the molecule is C#CCSc1n[nH]c(-c2ccc(Cl)cc2Cl)n1. The Morgan fingerprint density at radius 1 is 1.41 bits per heavy atom. The van der Waals surface area contributed by atoms with E-state index in [0.717, 1.165) is 5.56 Å². The smallest absolute Gasteiger partial charge is 0.209 e. The number of benzene rings is 1. The highest BCUT2D eigenvalue weighted by Crippen LogP contribution is 2.28. The lowest BCUT2D eigenvalue weighted by Crippen LogP contribution is -1.82. The molecule has 1 aromatic heterocycles. The Morgan fingerprint density at radius 2 is 2.24 bits per heavy atom.